The van der Waals surface area contributed by atoms with Gasteiger partial charge in [-0.2, -0.15) is 0 Å². The number of benzene rings is 5. The summed E-state index contributed by atoms with van der Waals surface area (Å²) in [5.74, 6) is 0. The zero-order valence-corrected chi connectivity index (χ0v) is 25.8. The Morgan fingerprint density at radius 2 is 1.57 bits per heavy atom. The van der Waals surface area contributed by atoms with E-state index in [1.165, 1.54) is 77.5 Å². The summed E-state index contributed by atoms with van der Waals surface area (Å²) in [5, 5.41) is 2.79. The fourth-order valence-corrected chi connectivity index (χ4v) is 7.17. The summed E-state index contributed by atoms with van der Waals surface area (Å²) in [6.07, 6.45) is 8.98. The van der Waals surface area contributed by atoms with Crippen molar-refractivity contribution in [2.24, 2.45) is 0 Å². The van der Waals surface area contributed by atoms with E-state index in [-0.39, 0.29) is 10.8 Å². The van der Waals surface area contributed by atoms with E-state index in [4.69, 9.17) is 0 Å². The van der Waals surface area contributed by atoms with Crippen molar-refractivity contribution in [3.05, 3.63) is 142 Å². The van der Waals surface area contributed by atoms with Gasteiger partial charge in [-0.3, -0.25) is 0 Å². The average Bonchev–Trinajstić information content (AvgIpc) is 3.22. The standard InChI is InChI=1S/C42H40/c1-27(34-21-20-32-25-33(41(2,3)4)24-31-13-10-15-37(34)40(31)32)17-18-28-11-9-12-29(23-28)30-19-22-36-35-14-7-8-16-38(35)42(5,6)39(36)26-30/h7-14,16-17,19-26H,15,18H2,1-6H3/b27-17-. The predicted molar refractivity (Wildman–Crippen MR) is 182 cm³/mol. The van der Waals surface area contributed by atoms with Crippen LogP contribution in [0.2, 0.25) is 0 Å². The third-order valence-electron chi connectivity index (χ3n) is 9.65. The van der Waals surface area contributed by atoms with Crippen LogP contribution in [0.25, 0.3) is 44.7 Å². The molecule has 5 aromatic carbocycles. The first-order chi connectivity index (χ1) is 20.1. The van der Waals surface area contributed by atoms with Crippen LogP contribution in [-0.2, 0) is 23.7 Å². The van der Waals surface area contributed by atoms with E-state index in [0.29, 0.717) is 0 Å². The van der Waals surface area contributed by atoms with Gasteiger partial charge in [0.25, 0.3) is 0 Å². The van der Waals surface area contributed by atoms with E-state index in [9.17, 15) is 0 Å². The summed E-state index contributed by atoms with van der Waals surface area (Å²) >= 11 is 0. The Morgan fingerprint density at radius 1 is 0.786 bits per heavy atom. The van der Waals surface area contributed by atoms with Crippen molar-refractivity contribution in [2.75, 3.05) is 0 Å². The molecule has 0 fully saturated rings. The lowest BCUT2D eigenvalue weighted by molar-refractivity contribution is 0.591. The first-order valence-electron chi connectivity index (χ1n) is 15.4. The highest BCUT2D eigenvalue weighted by Crippen LogP contribution is 2.49. The normalized spacial score (nSPS) is 15.1. The van der Waals surface area contributed by atoms with Crippen LogP contribution in [0.3, 0.4) is 0 Å². The Labute approximate surface area is 251 Å². The number of hydrogen-bond acceptors (Lipinski definition) is 0. The summed E-state index contributed by atoms with van der Waals surface area (Å²) in [7, 11) is 0. The second-order valence-electron chi connectivity index (χ2n) is 13.8. The molecule has 7 rings (SSSR count). The van der Waals surface area contributed by atoms with Gasteiger partial charge in [0.2, 0.25) is 0 Å². The van der Waals surface area contributed by atoms with Crippen molar-refractivity contribution in [3.8, 4) is 22.3 Å². The van der Waals surface area contributed by atoms with Crippen molar-refractivity contribution >= 4 is 22.4 Å². The molecule has 0 heteroatoms. The van der Waals surface area contributed by atoms with Gasteiger partial charge in [0.15, 0.2) is 0 Å². The van der Waals surface area contributed by atoms with Gasteiger partial charge in [0.1, 0.15) is 0 Å². The largest absolute Gasteiger partial charge is 0.0795 e. The van der Waals surface area contributed by atoms with Gasteiger partial charge in [-0.1, -0.05) is 138 Å². The van der Waals surface area contributed by atoms with Crippen LogP contribution in [-0.4, -0.2) is 0 Å². The topological polar surface area (TPSA) is 0 Å². The van der Waals surface area contributed by atoms with Gasteiger partial charge in [-0.25, -0.2) is 0 Å². The Hall–Kier alpha value is -4.16. The van der Waals surface area contributed by atoms with Crippen molar-refractivity contribution in [1.29, 1.82) is 0 Å². The number of rotatable bonds is 4. The first kappa shape index (κ1) is 26.7. The summed E-state index contributed by atoms with van der Waals surface area (Å²) < 4.78 is 0. The Balaban J connectivity index is 1.19. The summed E-state index contributed by atoms with van der Waals surface area (Å²) in [6, 6.07) is 34.5. The lowest BCUT2D eigenvalue weighted by atomic mass is 9.81. The molecule has 0 saturated carbocycles. The second kappa shape index (κ2) is 9.70. The number of hydrogen-bond donors (Lipinski definition) is 0. The van der Waals surface area contributed by atoms with Crippen molar-refractivity contribution in [1.82, 2.24) is 0 Å². The molecule has 0 bridgehead atoms. The predicted octanol–water partition coefficient (Wildman–Crippen LogP) is 11.3. The van der Waals surface area contributed by atoms with Gasteiger partial charge < -0.3 is 0 Å². The molecule has 0 spiro atoms. The Morgan fingerprint density at radius 3 is 2.40 bits per heavy atom. The van der Waals surface area contributed by atoms with Gasteiger partial charge >= 0.3 is 0 Å². The molecule has 0 unspecified atom stereocenters. The van der Waals surface area contributed by atoms with Crippen LogP contribution in [0.15, 0.2) is 103 Å². The van der Waals surface area contributed by atoms with E-state index in [1.807, 2.05) is 0 Å². The third-order valence-corrected chi connectivity index (χ3v) is 9.65. The highest BCUT2D eigenvalue weighted by atomic mass is 14.4. The van der Waals surface area contributed by atoms with Crippen LogP contribution in [0, 0.1) is 0 Å². The molecular weight excluding hydrogens is 504 g/mol. The molecule has 2 aliphatic rings. The van der Waals surface area contributed by atoms with Crippen LogP contribution in [0.5, 0.6) is 0 Å². The smallest absolute Gasteiger partial charge is 0.0159 e. The molecule has 0 N–H and O–H groups in total. The van der Waals surface area contributed by atoms with Gasteiger partial charge in [-0.05, 0) is 109 Å². The zero-order chi connectivity index (χ0) is 29.2. The molecule has 208 valence electrons. The third kappa shape index (κ3) is 4.36. The van der Waals surface area contributed by atoms with E-state index >= 15 is 0 Å². The maximum atomic E-state index is 2.42. The summed E-state index contributed by atoms with van der Waals surface area (Å²) in [6.45, 7) is 13.9. The quantitative estimate of drug-likeness (QED) is 0.211. The maximum Gasteiger partial charge on any atom is 0.0159 e. The van der Waals surface area contributed by atoms with Crippen LogP contribution in [0.1, 0.15) is 80.5 Å². The van der Waals surface area contributed by atoms with Crippen molar-refractivity contribution in [2.45, 2.75) is 65.2 Å². The van der Waals surface area contributed by atoms with E-state index in [2.05, 4.69) is 151 Å². The molecule has 0 atom stereocenters. The van der Waals surface area contributed by atoms with Gasteiger partial charge in [-0.15, -0.1) is 0 Å². The molecular formula is C42H40. The molecule has 0 aromatic heterocycles. The highest BCUT2D eigenvalue weighted by molar-refractivity contribution is 5.98. The lowest BCUT2D eigenvalue weighted by Crippen LogP contribution is -2.14. The minimum atomic E-state index is 0.0168. The molecule has 5 aromatic rings. The van der Waals surface area contributed by atoms with Gasteiger partial charge in [0, 0.05) is 5.41 Å². The van der Waals surface area contributed by atoms with E-state index in [0.717, 1.165) is 12.8 Å². The minimum Gasteiger partial charge on any atom is -0.0795 e. The summed E-state index contributed by atoms with van der Waals surface area (Å²) in [4.78, 5) is 0. The fraction of sp³-hybridized carbons (Fsp3) is 0.238. The fourth-order valence-electron chi connectivity index (χ4n) is 7.17. The number of fused-ring (bicyclic) bond motifs is 3. The van der Waals surface area contributed by atoms with Crippen LogP contribution >= 0.6 is 0 Å². The monoisotopic (exact) mass is 544 g/mol. The molecule has 0 aliphatic heterocycles. The highest BCUT2D eigenvalue weighted by Gasteiger charge is 2.35. The van der Waals surface area contributed by atoms with Gasteiger partial charge in [0.05, 0.1) is 0 Å². The molecule has 0 saturated heterocycles. The van der Waals surface area contributed by atoms with E-state index in [1.54, 1.807) is 0 Å². The minimum absolute atomic E-state index is 0.0168. The average molecular weight is 545 g/mol. The molecule has 0 heterocycles. The SMILES string of the molecule is C/C(=C/Cc1cccc(-c2ccc3c(c2)C(C)(C)c2ccccc2-3)c1)c1ccc2cc(C(C)(C)C)cc3c2c1CC=C3. The molecule has 0 amide bonds. The molecule has 2 aliphatic carbocycles. The zero-order valence-electron chi connectivity index (χ0n) is 25.8. The van der Waals surface area contributed by atoms with Crippen molar-refractivity contribution in [3.63, 3.8) is 0 Å². The lowest BCUT2D eigenvalue weighted by Gasteiger charge is -2.24. The molecule has 0 radical (unpaired) electrons. The molecule has 0 nitrogen and oxygen atoms in total. The Kier molecular flexibility index (Phi) is 6.17. The maximum absolute atomic E-state index is 2.42. The van der Waals surface area contributed by atoms with Crippen molar-refractivity contribution < 1.29 is 0 Å². The molecule has 42 heavy (non-hydrogen) atoms. The second-order valence-corrected chi connectivity index (χ2v) is 13.8. The van der Waals surface area contributed by atoms with Crippen LogP contribution in [0.4, 0.5) is 0 Å². The van der Waals surface area contributed by atoms with Crippen LogP contribution < -0.4 is 0 Å². The first-order valence-corrected chi connectivity index (χ1v) is 15.4. The number of allylic oxidation sites excluding steroid dienone is 3. The summed E-state index contributed by atoms with van der Waals surface area (Å²) in [5.41, 5.74) is 16.7. The Bertz CT molecular complexity index is 1930. The van der Waals surface area contributed by atoms with E-state index < -0.39 is 0 Å².